The van der Waals surface area contributed by atoms with Gasteiger partial charge in [-0.1, -0.05) is 12.1 Å². The monoisotopic (exact) mass is 381 g/mol. The van der Waals surface area contributed by atoms with E-state index in [2.05, 4.69) is 10.3 Å². The number of halogens is 4. The molecule has 1 N–H and O–H groups in total. The van der Waals surface area contributed by atoms with Gasteiger partial charge in [0.2, 0.25) is 11.8 Å². The summed E-state index contributed by atoms with van der Waals surface area (Å²) in [6.45, 7) is 0.164. The number of likely N-dealkylation sites (tertiary alicyclic amines) is 1. The van der Waals surface area contributed by atoms with Gasteiger partial charge in [0.25, 0.3) is 0 Å². The van der Waals surface area contributed by atoms with Crippen molar-refractivity contribution in [2.75, 3.05) is 18.9 Å². The lowest BCUT2D eigenvalue weighted by molar-refractivity contribution is -0.138. The number of hydrogen-bond donors (Lipinski definition) is 1. The van der Waals surface area contributed by atoms with Crippen LogP contribution in [-0.4, -0.2) is 35.3 Å². The van der Waals surface area contributed by atoms with Gasteiger partial charge in [0, 0.05) is 25.7 Å². The van der Waals surface area contributed by atoms with Crippen molar-refractivity contribution in [2.45, 2.75) is 12.1 Å². The number of carbonyl (C=O) groups excluding carboxylic acids is 2. The van der Waals surface area contributed by atoms with Crippen LogP contribution in [0.2, 0.25) is 0 Å². The fourth-order valence-electron chi connectivity index (χ4n) is 3.09. The standard InChI is InChI=1S/C18H15F4N3O2/c1-25-9-12(10-2-4-11(5-3-10)18(20,21)22)15(17(25)27)16(26)24-14-8-23-7-6-13(14)19/h2-8,12,15H,9H2,1H3,(H,24,26)/t12-,15+/m1/s1. The van der Waals surface area contributed by atoms with Crippen molar-refractivity contribution in [3.8, 4) is 0 Å². The summed E-state index contributed by atoms with van der Waals surface area (Å²) < 4.78 is 51.9. The summed E-state index contributed by atoms with van der Waals surface area (Å²) in [5.41, 5.74) is -0.564. The van der Waals surface area contributed by atoms with Crippen LogP contribution >= 0.6 is 0 Å². The number of anilines is 1. The van der Waals surface area contributed by atoms with Gasteiger partial charge in [-0.25, -0.2) is 4.39 Å². The maximum Gasteiger partial charge on any atom is 0.416 e. The summed E-state index contributed by atoms with van der Waals surface area (Å²) in [7, 11) is 1.50. The predicted molar refractivity (Wildman–Crippen MR) is 88.1 cm³/mol. The number of amides is 2. The molecule has 0 bridgehead atoms. The second-order valence-electron chi connectivity index (χ2n) is 6.27. The Bertz CT molecular complexity index is 868. The molecule has 1 aliphatic rings. The molecule has 27 heavy (non-hydrogen) atoms. The Morgan fingerprint density at radius 2 is 1.89 bits per heavy atom. The summed E-state index contributed by atoms with van der Waals surface area (Å²) in [5, 5.41) is 2.33. The van der Waals surface area contributed by atoms with Gasteiger partial charge in [-0.2, -0.15) is 13.2 Å². The Morgan fingerprint density at radius 3 is 2.48 bits per heavy atom. The third-order valence-corrected chi connectivity index (χ3v) is 4.49. The fourth-order valence-corrected chi connectivity index (χ4v) is 3.09. The minimum atomic E-state index is -4.48. The van der Waals surface area contributed by atoms with E-state index >= 15 is 0 Å². The molecule has 1 aliphatic heterocycles. The Balaban J connectivity index is 1.87. The predicted octanol–water partition coefficient (Wildman–Crippen LogP) is 3.05. The van der Waals surface area contributed by atoms with E-state index < -0.39 is 41.2 Å². The first-order chi connectivity index (χ1) is 12.7. The topological polar surface area (TPSA) is 62.3 Å². The van der Waals surface area contributed by atoms with E-state index in [4.69, 9.17) is 0 Å². The molecule has 1 fully saturated rings. The fraction of sp³-hybridized carbons (Fsp3) is 0.278. The average molecular weight is 381 g/mol. The Morgan fingerprint density at radius 1 is 1.22 bits per heavy atom. The highest BCUT2D eigenvalue weighted by molar-refractivity contribution is 6.08. The van der Waals surface area contributed by atoms with Crippen molar-refractivity contribution in [1.82, 2.24) is 9.88 Å². The molecule has 3 rings (SSSR count). The van der Waals surface area contributed by atoms with Gasteiger partial charge in [0.15, 0.2) is 0 Å². The second-order valence-corrected chi connectivity index (χ2v) is 6.27. The zero-order chi connectivity index (χ0) is 19.8. The second kappa shape index (κ2) is 6.98. The number of alkyl halides is 3. The molecule has 2 amide bonds. The van der Waals surface area contributed by atoms with Crippen LogP contribution in [0.15, 0.2) is 42.7 Å². The van der Waals surface area contributed by atoms with E-state index in [1.165, 1.54) is 30.3 Å². The van der Waals surface area contributed by atoms with Gasteiger partial charge in [0.1, 0.15) is 11.7 Å². The smallest absolute Gasteiger partial charge is 0.344 e. The number of likely N-dealkylation sites (N-methyl/N-ethyl adjacent to an activating group) is 1. The lowest BCUT2D eigenvalue weighted by atomic mass is 9.87. The minimum absolute atomic E-state index is 0.164. The number of hydrogen-bond acceptors (Lipinski definition) is 3. The van der Waals surface area contributed by atoms with Gasteiger partial charge in [-0.05, 0) is 23.8 Å². The molecule has 1 aromatic heterocycles. The number of pyridine rings is 1. The lowest BCUT2D eigenvalue weighted by Gasteiger charge is -2.17. The summed E-state index contributed by atoms with van der Waals surface area (Å²) in [4.78, 5) is 30.0. The van der Waals surface area contributed by atoms with Gasteiger partial charge in [-0.15, -0.1) is 0 Å². The molecule has 0 spiro atoms. The first kappa shape index (κ1) is 18.8. The van der Waals surface area contributed by atoms with Crippen LogP contribution in [0.5, 0.6) is 0 Å². The normalized spacial score (nSPS) is 20.0. The van der Waals surface area contributed by atoms with Gasteiger partial charge < -0.3 is 10.2 Å². The van der Waals surface area contributed by atoms with Crippen molar-refractivity contribution in [3.63, 3.8) is 0 Å². The number of carbonyl (C=O) groups is 2. The largest absolute Gasteiger partial charge is 0.416 e. The van der Waals surface area contributed by atoms with Crippen molar-refractivity contribution in [3.05, 3.63) is 59.7 Å². The number of aromatic nitrogens is 1. The first-order valence-corrected chi connectivity index (χ1v) is 8.01. The molecule has 0 saturated carbocycles. The zero-order valence-corrected chi connectivity index (χ0v) is 14.1. The number of rotatable bonds is 3. The maximum absolute atomic E-state index is 13.7. The van der Waals surface area contributed by atoms with E-state index in [-0.39, 0.29) is 12.2 Å². The van der Waals surface area contributed by atoms with Crippen LogP contribution in [0.3, 0.4) is 0 Å². The highest BCUT2D eigenvalue weighted by Crippen LogP contribution is 2.36. The SMILES string of the molecule is CN1C[C@H](c2ccc(C(F)(F)F)cc2)[C@@H](C(=O)Nc2cnccc2F)C1=O. The van der Waals surface area contributed by atoms with E-state index in [1.54, 1.807) is 0 Å². The molecular weight excluding hydrogens is 366 g/mol. The first-order valence-electron chi connectivity index (χ1n) is 8.01. The van der Waals surface area contributed by atoms with Gasteiger partial charge >= 0.3 is 6.18 Å². The third-order valence-electron chi connectivity index (χ3n) is 4.49. The van der Waals surface area contributed by atoms with Crippen LogP contribution in [0.1, 0.15) is 17.0 Å². The molecule has 1 aromatic carbocycles. The third kappa shape index (κ3) is 3.76. The van der Waals surface area contributed by atoms with E-state index in [9.17, 15) is 27.2 Å². The molecule has 0 radical (unpaired) electrons. The molecular formula is C18H15F4N3O2. The Kier molecular flexibility index (Phi) is 4.86. The Hall–Kier alpha value is -2.97. The quantitative estimate of drug-likeness (QED) is 0.657. The van der Waals surface area contributed by atoms with Crippen LogP contribution in [0, 0.1) is 11.7 Å². The highest BCUT2D eigenvalue weighted by atomic mass is 19.4. The molecule has 2 aromatic rings. The molecule has 1 saturated heterocycles. The summed E-state index contributed by atoms with van der Waals surface area (Å²) in [5.74, 6) is -3.75. The van der Waals surface area contributed by atoms with Crippen molar-refractivity contribution in [2.24, 2.45) is 5.92 Å². The molecule has 0 unspecified atom stereocenters. The number of benzene rings is 1. The van der Waals surface area contributed by atoms with Crippen LogP contribution in [0.4, 0.5) is 23.2 Å². The molecule has 2 atom stereocenters. The Labute approximate surface area is 152 Å². The van der Waals surface area contributed by atoms with Gasteiger partial charge in [0.05, 0.1) is 17.4 Å². The van der Waals surface area contributed by atoms with Gasteiger partial charge in [-0.3, -0.25) is 14.6 Å². The number of nitrogens with zero attached hydrogens (tertiary/aromatic N) is 2. The van der Waals surface area contributed by atoms with E-state index in [0.29, 0.717) is 5.56 Å². The highest BCUT2D eigenvalue weighted by Gasteiger charge is 2.44. The van der Waals surface area contributed by atoms with Crippen LogP contribution in [0.25, 0.3) is 0 Å². The summed E-state index contributed by atoms with van der Waals surface area (Å²) in [6, 6.07) is 5.39. The molecule has 5 nitrogen and oxygen atoms in total. The van der Waals surface area contributed by atoms with Crippen LogP contribution < -0.4 is 5.32 Å². The van der Waals surface area contributed by atoms with E-state index in [0.717, 1.165) is 24.4 Å². The van der Waals surface area contributed by atoms with Crippen molar-refractivity contribution in [1.29, 1.82) is 0 Å². The maximum atomic E-state index is 13.7. The van der Waals surface area contributed by atoms with E-state index in [1.807, 2.05) is 0 Å². The summed E-state index contributed by atoms with van der Waals surface area (Å²) in [6.07, 6.45) is -2.15. The average Bonchev–Trinajstić information content (AvgIpc) is 2.91. The zero-order valence-electron chi connectivity index (χ0n) is 14.1. The molecule has 2 heterocycles. The van der Waals surface area contributed by atoms with Crippen molar-refractivity contribution < 1.29 is 27.2 Å². The molecule has 0 aliphatic carbocycles. The van der Waals surface area contributed by atoms with Crippen LogP contribution in [-0.2, 0) is 15.8 Å². The molecule has 9 heteroatoms. The molecule has 142 valence electrons. The van der Waals surface area contributed by atoms with Crippen molar-refractivity contribution >= 4 is 17.5 Å². The number of nitrogens with one attached hydrogen (secondary N) is 1. The lowest BCUT2D eigenvalue weighted by Crippen LogP contribution is -2.33. The minimum Gasteiger partial charge on any atom is -0.344 e. The summed E-state index contributed by atoms with van der Waals surface area (Å²) >= 11 is 0.